The van der Waals surface area contributed by atoms with E-state index >= 15 is 0 Å². The number of aromatic nitrogens is 1. The summed E-state index contributed by atoms with van der Waals surface area (Å²) in [5.74, 6) is 0. The number of para-hydroxylation sites is 3. The van der Waals surface area contributed by atoms with Gasteiger partial charge in [-0.2, -0.15) is 0 Å². The predicted molar refractivity (Wildman–Crippen MR) is 204 cm³/mol. The third-order valence-electron chi connectivity index (χ3n) is 10.8. The molecule has 0 radical (unpaired) electrons. The Balaban J connectivity index is 1.23. The van der Waals surface area contributed by atoms with Crippen LogP contribution >= 0.6 is 0 Å². The lowest BCUT2D eigenvalue weighted by atomic mass is 9.83. The minimum absolute atomic E-state index is 1.04. The first-order valence-electron chi connectivity index (χ1n) is 16.9. The van der Waals surface area contributed by atoms with Gasteiger partial charge in [0, 0.05) is 43.9 Å². The maximum absolute atomic E-state index is 2.56. The standard InChI is InChI=1S/C46H30N2/c1-2-12-32(13-3-1)47(43-27-31-11-4-5-14-34(31)35-15-6-7-16-36(35)43)33-25-23-29-21-22-30-24-26-40-39-19-10-18-38-37-17-8-9-20-42(37)48(45(38)39)46(40)44(30)41(29)28-33/h1-20,23-28H,21-22H2. The van der Waals surface area contributed by atoms with Crippen molar-refractivity contribution in [1.29, 1.82) is 0 Å². The van der Waals surface area contributed by atoms with Crippen LogP contribution < -0.4 is 4.90 Å². The summed E-state index contributed by atoms with van der Waals surface area (Å²) in [5, 5.41) is 10.4. The smallest absolute Gasteiger partial charge is 0.0622 e. The molecule has 0 amide bonds. The first kappa shape index (κ1) is 26.0. The van der Waals surface area contributed by atoms with Crippen molar-refractivity contribution in [2.24, 2.45) is 0 Å². The average Bonchev–Trinajstić information content (AvgIpc) is 3.68. The van der Waals surface area contributed by atoms with Gasteiger partial charge in [-0.05, 0) is 82.1 Å². The van der Waals surface area contributed by atoms with Gasteiger partial charge in [-0.1, -0.05) is 121 Å². The van der Waals surface area contributed by atoms with Gasteiger partial charge >= 0.3 is 0 Å². The molecule has 0 saturated heterocycles. The first-order chi connectivity index (χ1) is 23.8. The van der Waals surface area contributed by atoms with Crippen molar-refractivity contribution in [3.05, 3.63) is 169 Å². The number of rotatable bonds is 3. The zero-order chi connectivity index (χ0) is 31.3. The van der Waals surface area contributed by atoms with Crippen LogP contribution in [0.15, 0.2) is 158 Å². The van der Waals surface area contributed by atoms with Gasteiger partial charge in [-0.3, -0.25) is 0 Å². The topological polar surface area (TPSA) is 7.65 Å². The molecule has 10 aromatic rings. The number of nitrogens with zero attached hydrogens (tertiary/aromatic N) is 2. The number of hydrogen-bond acceptors (Lipinski definition) is 1. The summed E-state index contributed by atoms with van der Waals surface area (Å²) >= 11 is 0. The lowest BCUT2D eigenvalue weighted by Crippen LogP contribution is -2.12. The molecule has 8 aromatic carbocycles. The lowest BCUT2D eigenvalue weighted by molar-refractivity contribution is 0.943. The van der Waals surface area contributed by atoms with Crippen LogP contribution in [0.2, 0.25) is 0 Å². The number of anilines is 3. The Morgan fingerprint density at radius 2 is 1.06 bits per heavy atom. The van der Waals surface area contributed by atoms with Gasteiger partial charge in [-0.25, -0.2) is 0 Å². The van der Waals surface area contributed by atoms with Crippen molar-refractivity contribution in [3.8, 4) is 11.1 Å². The molecular weight excluding hydrogens is 581 g/mol. The van der Waals surface area contributed by atoms with Gasteiger partial charge < -0.3 is 9.30 Å². The van der Waals surface area contributed by atoms with E-state index in [4.69, 9.17) is 0 Å². The number of benzene rings is 8. The van der Waals surface area contributed by atoms with Gasteiger partial charge in [0.1, 0.15) is 0 Å². The quantitative estimate of drug-likeness (QED) is 0.181. The summed E-state index contributed by atoms with van der Waals surface area (Å²) in [7, 11) is 0. The molecule has 1 aliphatic rings. The van der Waals surface area contributed by atoms with E-state index in [1.165, 1.54) is 93.3 Å². The van der Waals surface area contributed by atoms with Crippen molar-refractivity contribution in [2.45, 2.75) is 12.8 Å². The van der Waals surface area contributed by atoms with Crippen LogP contribution in [-0.4, -0.2) is 4.40 Å². The molecule has 0 fully saturated rings. The normalized spacial score (nSPS) is 12.8. The minimum Gasteiger partial charge on any atom is -0.310 e. The van der Waals surface area contributed by atoms with Crippen molar-refractivity contribution < 1.29 is 0 Å². The molecule has 224 valence electrons. The average molecular weight is 611 g/mol. The van der Waals surface area contributed by atoms with Crippen LogP contribution in [0.3, 0.4) is 0 Å². The Kier molecular flexibility index (Phi) is 5.25. The lowest BCUT2D eigenvalue weighted by Gasteiger charge is -2.29. The molecule has 2 aromatic heterocycles. The van der Waals surface area contributed by atoms with E-state index in [0.29, 0.717) is 0 Å². The maximum atomic E-state index is 2.56. The van der Waals surface area contributed by atoms with Crippen LogP contribution in [-0.2, 0) is 12.8 Å². The zero-order valence-electron chi connectivity index (χ0n) is 26.3. The highest BCUT2D eigenvalue weighted by Crippen LogP contribution is 2.48. The van der Waals surface area contributed by atoms with Crippen molar-refractivity contribution in [2.75, 3.05) is 4.90 Å². The molecular formula is C46H30N2. The van der Waals surface area contributed by atoms with Gasteiger partial charge in [-0.15, -0.1) is 0 Å². The molecule has 0 aliphatic heterocycles. The molecule has 2 nitrogen and oxygen atoms in total. The fourth-order valence-electron chi connectivity index (χ4n) is 8.71. The molecule has 11 rings (SSSR count). The molecule has 0 bridgehead atoms. The summed E-state index contributed by atoms with van der Waals surface area (Å²) in [5.41, 5.74) is 13.0. The monoisotopic (exact) mass is 610 g/mol. The van der Waals surface area contributed by atoms with E-state index < -0.39 is 0 Å². The zero-order valence-corrected chi connectivity index (χ0v) is 26.3. The Labute approximate surface area is 278 Å². The predicted octanol–water partition coefficient (Wildman–Crippen LogP) is 12.4. The van der Waals surface area contributed by atoms with Gasteiger partial charge in [0.15, 0.2) is 0 Å². The van der Waals surface area contributed by atoms with Crippen molar-refractivity contribution in [3.63, 3.8) is 0 Å². The summed E-state index contributed by atoms with van der Waals surface area (Å²) in [4.78, 5) is 2.46. The summed E-state index contributed by atoms with van der Waals surface area (Å²) < 4.78 is 2.56. The first-order valence-corrected chi connectivity index (χ1v) is 16.9. The van der Waals surface area contributed by atoms with E-state index in [1.807, 2.05) is 0 Å². The van der Waals surface area contributed by atoms with Gasteiger partial charge in [0.25, 0.3) is 0 Å². The van der Waals surface area contributed by atoms with Crippen molar-refractivity contribution in [1.82, 2.24) is 4.40 Å². The summed E-state index contributed by atoms with van der Waals surface area (Å²) in [6.07, 6.45) is 2.09. The van der Waals surface area contributed by atoms with E-state index in [2.05, 4.69) is 167 Å². The molecule has 0 atom stereocenters. The third kappa shape index (κ3) is 3.47. The Morgan fingerprint density at radius 1 is 0.417 bits per heavy atom. The van der Waals surface area contributed by atoms with Crippen LogP contribution in [0.25, 0.3) is 70.8 Å². The second kappa shape index (κ2) is 9.70. The second-order valence-electron chi connectivity index (χ2n) is 13.2. The Bertz CT molecular complexity index is 2900. The van der Waals surface area contributed by atoms with E-state index in [-0.39, 0.29) is 0 Å². The van der Waals surface area contributed by atoms with E-state index in [0.717, 1.165) is 18.5 Å². The molecule has 0 saturated carbocycles. The SMILES string of the molecule is c1ccc(N(c2ccc3c(c2)-c2c(ccc4c5cccc6c7ccccc7n(c24)c65)CC3)c2cc3ccccc3c3ccccc23)cc1. The molecule has 0 unspecified atom stereocenters. The van der Waals surface area contributed by atoms with Crippen LogP contribution in [0, 0.1) is 0 Å². The van der Waals surface area contributed by atoms with E-state index in [1.54, 1.807) is 0 Å². The number of aryl methyl sites for hydroxylation is 2. The third-order valence-corrected chi connectivity index (χ3v) is 10.8. The number of hydrogen-bond donors (Lipinski definition) is 0. The largest absolute Gasteiger partial charge is 0.310 e. The molecule has 1 aliphatic carbocycles. The van der Waals surface area contributed by atoms with E-state index in [9.17, 15) is 0 Å². The Morgan fingerprint density at radius 3 is 1.94 bits per heavy atom. The molecule has 2 heteroatoms. The molecule has 48 heavy (non-hydrogen) atoms. The molecule has 0 N–H and O–H groups in total. The highest BCUT2D eigenvalue weighted by molar-refractivity contribution is 6.25. The highest BCUT2D eigenvalue weighted by Gasteiger charge is 2.26. The maximum Gasteiger partial charge on any atom is 0.0622 e. The Hall–Kier alpha value is -6.12. The van der Waals surface area contributed by atoms with Gasteiger partial charge in [0.05, 0.1) is 22.2 Å². The summed E-state index contributed by atoms with van der Waals surface area (Å²) in [6.45, 7) is 0. The molecule has 0 spiro atoms. The second-order valence-corrected chi connectivity index (χ2v) is 13.2. The van der Waals surface area contributed by atoms with Crippen LogP contribution in [0.5, 0.6) is 0 Å². The van der Waals surface area contributed by atoms with Crippen LogP contribution in [0.1, 0.15) is 11.1 Å². The van der Waals surface area contributed by atoms with Crippen molar-refractivity contribution >= 4 is 76.7 Å². The highest BCUT2D eigenvalue weighted by atomic mass is 15.1. The van der Waals surface area contributed by atoms with Gasteiger partial charge in [0.2, 0.25) is 0 Å². The fraction of sp³-hybridized carbons (Fsp3) is 0.0435. The fourth-order valence-corrected chi connectivity index (χ4v) is 8.71. The molecule has 2 heterocycles. The summed E-state index contributed by atoms with van der Waals surface area (Å²) in [6, 6.07) is 58.5. The number of fused-ring (bicyclic) bond motifs is 13. The van der Waals surface area contributed by atoms with Crippen LogP contribution in [0.4, 0.5) is 17.1 Å². The minimum atomic E-state index is 1.04.